The summed E-state index contributed by atoms with van der Waals surface area (Å²) in [6.07, 6.45) is -0.915. The van der Waals surface area contributed by atoms with Crippen LogP contribution in [0.25, 0.3) is 0 Å². The van der Waals surface area contributed by atoms with Gasteiger partial charge in [-0.15, -0.1) is 0 Å². The first-order chi connectivity index (χ1) is 4.66. The number of urea groups is 1. The van der Waals surface area contributed by atoms with Crippen molar-refractivity contribution in [2.24, 2.45) is 16.0 Å². The molecule has 6 heteroatoms. The number of nitrogens with zero attached hydrogens (tertiary/aromatic N) is 2. The normalized spacial score (nSPS) is 9.70. The minimum atomic E-state index is -1.02. The molecule has 0 rings (SSSR count). The lowest BCUT2D eigenvalue weighted by Crippen LogP contribution is -2.04. The lowest BCUT2D eigenvalue weighted by atomic mass is 10.9. The van der Waals surface area contributed by atoms with Crippen LogP contribution < -0.4 is 5.73 Å². The number of nitrogens with two attached hydrogens (primary N) is 1. The van der Waals surface area contributed by atoms with Gasteiger partial charge in [0.15, 0.2) is 0 Å². The number of carbonyl (C=O) groups is 2. The second kappa shape index (κ2) is 4.42. The molecule has 0 spiro atoms. The highest BCUT2D eigenvalue weighted by atomic mass is 16.5. The van der Waals surface area contributed by atoms with Gasteiger partial charge >= 0.3 is 12.1 Å². The highest BCUT2D eigenvalue weighted by Crippen LogP contribution is 1.83. The van der Waals surface area contributed by atoms with Crippen LogP contribution in [0.2, 0.25) is 0 Å². The maximum Gasteiger partial charge on any atom is 0.452 e. The molecular formula is C4H7N3O3. The van der Waals surface area contributed by atoms with Gasteiger partial charge in [-0.25, -0.2) is 9.59 Å². The molecule has 56 valence electrons. The van der Waals surface area contributed by atoms with Crippen LogP contribution in [0.5, 0.6) is 0 Å². The molecule has 2 N–H and O–H groups in total. The van der Waals surface area contributed by atoms with Gasteiger partial charge in [0.05, 0.1) is 6.61 Å². The molecule has 0 atom stereocenters. The largest absolute Gasteiger partial charge is 0.452 e. The fraction of sp³-hybridized carbons (Fsp3) is 0.500. The van der Waals surface area contributed by atoms with Gasteiger partial charge in [-0.05, 0) is 6.92 Å². The fourth-order valence-electron chi connectivity index (χ4n) is 0.242. The van der Waals surface area contributed by atoms with Gasteiger partial charge in [-0.1, -0.05) is 10.2 Å². The van der Waals surface area contributed by atoms with Crippen LogP contribution in [0.1, 0.15) is 6.92 Å². The Kier molecular flexibility index (Phi) is 3.78. The number of carbonyl (C=O) groups excluding carboxylic acids is 2. The Balaban J connectivity index is 3.67. The first-order valence-electron chi connectivity index (χ1n) is 2.54. The smallest absolute Gasteiger partial charge is 0.447 e. The zero-order valence-electron chi connectivity index (χ0n) is 5.40. The van der Waals surface area contributed by atoms with Crippen LogP contribution in [-0.4, -0.2) is 18.7 Å². The van der Waals surface area contributed by atoms with Crippen LogP contribution in [0.15, 0.2) is 10.2 Å². The van der Waals surface area contributed by atoms with Crippen molar-refractivity contribution < 1.29 is 14.3 Å². The highest BCUT2D eigenvalue weighted by Gasteiger charge is 1.96. The van der Waals surface area contributed by atoms with Gasteiger partial charge < -0.3 is 10.5 Å². The van der Waals surface area contributed by atoms with Crippen LogP contribution in [-0.2, 0) is 4.74 Å². The molecule has 10 heavy (non-hydrogen) atoms. The van der Waals surface area contributed by atoms with Crippen molar-refractivity contribution in [3.05, 3.63) is 0 Å². The zero-order valence-corrected chi connectivity index (χ0v) is 5.40. The van der Waals surface area contributed by atoms with E-state index in [0.29, 0.717) is 0 Å². The van der Waals surface area contributed by atoms with E-state index in [1.807, 2.05) is 0 Å². The topological polar surface area (TPSA) is 94.1 Å². The number of amides is 3. The molecule has 6 nitrogen and oxygen atoms in total. The lowest BCUT2D eigenvalue weighted by Gasteiger charge is -1.90. The van der Waals surface area contributed by atoms with Gasteiger partial charge in [0.1, 0.15) is 0 Å². The quantitative estimate of drug-likeness (QED) is 0.549. The first-order valence-corrected chi connectivity index (χ1v) is 2.54. The summed E-state index contributed by atoms with van der Waals surface area (Å²) in [5.74, 6) is 0. The monoisotopic (exact) mass is 145 g/mol. The third kappa shape index (κ3) is 4.69. The van der Waals surface area contributed by atoms with Crippen molar-refractivity contribution in [3.63, 3.8) is 0 Å². The molecular weight excluding hydrogens is 138 g/mol. The number of hydrogen-bond donors (Lipinski definition) is 1. The third-order valence-electron chi connectivity index (χ3n) is 0.498. The van der Waals surface area contributed by atoms with Gasteiger partial charge in [0.2, 0.25) is 0 Å². The summed E-state index contributed by atoms with van der Waals surface area (Å²) in [5.41, 5.74) is 4.53. The van der Waals surface area contributed by atoms with Crippen LogP contribution in [0.3, 0.4) is 0 Å². The Hall–Kier alpha value is -1.46. The molecule has 0 aromatic rings. The maximum absolute atomic E-state index is 10.3. The Morgan fingerprint density at radius 2 is 2.10 bits per heavy atom. The van der Waals surface area contributed by atoms with Crippen LogP contribution in [0, 0.1) is 0 Å². The fourth-order valence-corrected chi connectivity index (χ4v) is 0.242. The molecule has 0 aliphatic rings. The van der Waals surface area contributed by atoms with E-state index in [1.165, 1.54) is 0 Å². The summed E-state index contributed by atoms with van der Waals surface area (Å²) in [6, 6.07) is -1.02. The zero-order chi connectivity index (χ0) is 7.98. The molecule has 0 fully saturated rings. The summed E-state index contributed by atoms with van der Waals surface area (Å²) in [7, 11) is 0. The summed E-state index contributed by atoms with van der Waals surface area (Å²) in [5, 5.41) is 5.54. The molecule has 0 aromatic heterocycles. The minimum absolute atomic E-state index is 0.191. The van der Waals surface area contributed by atoms with Gasteiger partial charge in [0, 0.05) is 0 Å². The second-order valence-corrected chi connectivity index (χ2v) is 1.24. The van der Waals surface area contributed by atoms with Crippen molar-refractivity contribution in [1.29, 1.82) is 0 Å². The number of ether oxygens (including phenoxy) is 1. The van der Waals surface area contributed by atoms with E-state index in [-0.39, 0.29) is 6.61 Å². The average molecular weight is 145 g/mol. The van der Waals surface area contributed by atoms with E-state index >= 15 is 0 Å². The summed E-state index contributed by atoms with van der Waals surface area (Å²) >= 11 is 0. The molecule has 0 aliphatic carbocycles. The van der Waals surface area contributed by atoms with Gasteiger partial charge in [-0.2, -0.15) is 0 Å². The summed E-state index contributed by atoms with van der Waals surface area (Å²) in [4.78, 5) is 20.1. The van der Waals surface area contributed by atoms with E-state index in [1.54, 1.807) is 6.92 Å². The first kappa shape index (κ1) is 8.54. The van der Waals surface area contributed by atoms with E-state index in [9.17, 15) is 9.59 Å². The van der Waals surface area contributed by atoms with E-state index < -0.39 is 12.1 Å². The Morgan fingerprint density at radius 1 is 1.50 bits per heavy atom. The number of primary amides is 1. The predicted molar refractivity (Wildman–Crippen MR) is 31.5 cm³/mol. The van der Waals surface area contributed by atoms with Gasteiger partial charge in [0.25, 0.3) is 0 Å². The molecule has 0 unspecified atom stereocenters. The van der Waals surface area contributed by atoms with E-state index in [2.05, 4.69) is 20.7 Å². The standard InChI is InChI=1S/C4H7N3O3/c1-2-10-4(9)7-6-3(5)8/h2H2,1H3,(H2,5,8). The third-order valence-corrected chi connectivity index (χ3v) is 0.498. The lowest BCUT2D eigenvalue weighted by molar-refractivity contribution is 0.161. The molecule has 0 bridgehead atoms. The SMILES string of the molecule is CCOC(=O)N=NC(N)=O. The highest BCUT2D eigenvalue weighted by molar-refractivity contribution is 5.75. The predicted octanol–water partition coefficient (Wildman–Crippen LogP) is 0.674. The summed E-state index contributed by atoms with van der Waals surface area (Å²) < 4.78 is 4.29. The number of azo groups is 1. The minimum Gasteiger partial charge on any atom is -0.447 e. The maximum atomic E-state index is 10.3. The Morgan fingerprint density at radius 3 is 2.50 bits per heavy atom. The summed E-state index contributed by atoms with van der Waals surface area (Å²) in [6.45, 7) is 1.80. The molecule has 0 radical (unpaired) electrons. The number of hydrogen-bond acceptors (Lipinski definition) is 3. The van der Waals surface area contributed by atoms with Gasteiger partial charge in [-0.3, -0.25) is 0 Å². The van der Waals surface area contributed by atoms with Crippen LogP contribution >= 0.6 is 0 Å². The molecule has 0 heterocycles. The molecule has 0 saturated carbocycles. The van der Waals surface area contributed by atoms with Crippen molar-refractivity contribution in [2.45, 2.75) is 6.92 Å². The Bertz CT molecular complexity index is 165. The van der Waals surface area contributed by atoms with Crippen molar-refractivity contribution in [1.82, 2.24) is 0 Å². The molecule has 0 saturated heterocycles. The van der Waals surface area contributed by atoms with Crippen molar-refractivity contribution >= 4 is 12.1 Å². The number of rotatable bonds is 1. The second-order valence-electron chi connectivity index (χ2n) is 1.24. The average Bonchev–Trinajstić information content (AvgIpc) is 1.85. The van der Waals surface area contributed by atoms with Crippen molar-refractivity contribution in [3.8, 4) is 0 Å². The molecule has 0 aliphatic heterocycles. The van der Waals surface area contributed by atoms with Crippen molar-refractivity contribution in [2.75, 3.05) is 6.61 Å². The molecule has 3 amide bonds. The van der Waals surface area contributed by atoms with E-state index in [0.717, 1.165) is 0 Å². The Labute approximate surface area is 57.1 Å². The van der Waals surface area contributed by atoms with E-state index in [4.69, 9.17) is 0 Å². The van der Waals surface area contributed by atoms with Crippen LogP contribution in [0.4, 0.5) is 9.59 Å². The molecule has 0 aromatic carbocycles.